The van der Waals surface area contributed by atoms with Gasteiger partial charge in [0.1, 0.15) is 17.5 Å². The first-order valence-electron chi connectivity index (χ1n) is 13.2. The molecule has 0 spiro atoms. The van der Waals surface area contributed by atoms with Crippen LogP contribution in [-0.4, -0.2) is 41.4 Å². The van der Waals surface area contributed by atoms with Crippen LogP contribution in [0.4, 0.5) is 5.69 Å². The van der Waals surface area contributed by atoms with Gasteiger partial charge in [-0.25, -0.2) is 9.79 Å². The molecule has 1 N–H and O–H groups in total. The van der Waals surface area contributed by atoms with Crippen molar-refractivity contribution in [2.24, 2.45) is 4.99 Å². The van der Waals surface area contributed by atoms with E-state index in [0.29, 0.717) is 37.5 Å². The number of rotatable bonds is 9. The van der Waals surface area contributed by atoms with Gasteiger partial charge < -0.3 is 19.5 Å². The lowest BCUT2D eigenvalue weighted by Gasteiger charge is -2.26. The number of para-hydroxylation sites is 1. The monoisotopic (exact) mass is 549 g/mol. The highest BCUT2D eigenvalue weighted by Gasteiger charge is 2.35. The van der Waals surface area contributed by atoms with Crippen molar-refractivity contribution in [3.63, 3.8) is 0 Å². The Labute approximate surface area is 232 Å². The smallest absolute Gasteiger partial charge is 0.338 e. The molecule has 8 nitrogen and oxygen atoms in total. The summed E-state index contributed by atoms with van der Waals surface area (Å²) in [5.74, 6) is 0.135. The van der Waals surface area contributed by atoms with E-state index in [1.54, 1.807) is 32.1 Å². The molecule has 0 unspecified atom stereocenters. The molecule has 2 aromatic carbocycles. The van der Waals surface area contributed by atoms with Crippen LogP contribution in [0.2, 0.25) is 0 Å². The Morgan fingerprint density at radius 1 is 1.18 bits per heavy atom. The minimum absolute atomic E-state index is 0.0841. The molecular formula is C30H35N3O5S. The molecule has 0 aliphatic carbocycles. The molecule has 0 saturated carbocycles. The van der Waals surface area contributed by atoms with Crippen molar-refractivity contribution >= 4 is 29.1 Å². The number of phenolic OH excluding ortho intramolecular Hbond substituents is 1. The number of fused-ring (bicyclic) bond motifs is 1. The Bertz CT molecular complexity index is 1580. The van der Waals surface area contributed by atoms with Gasteiger partial charge in [-0.15, -0.1) is 0 Å². The fraction of sp³-hybridized carbons (Fsp3) is 0.367. The number of nitrogens with zero attached hydrogens (tertiary/aromatic N) is 3. The van der Waals surface area contributed by atoms with Crippen LogP contribution in [0.15, 0.2) is 63.5 Å². The summed E-state index contributed by atoms with van der Waals surface area (Å²) in [4.78, 5) is 34.3. The summed E-state index contributed by atoms with van der Waals surface area (Å²) in [5, 5.41) is 10.8. The van der Waals surface area contributed by atoms with Crippen LogP contribution in [0.1, 0.15) is 58.7 Å². The largest absolute Gasteiger partial charge is 0.507 e. The Morgan fingerprint density at radius 2 is 1.90 bits per heavy atom. The van der Waals surface area contributed by atoms with Crippen molar-refractivity contribution < 1.29 is 19.4 Å². The maximum atomic E-state index is 13.9. The number of benzene rings is 2. The van der Waals surface area contributed by atoms with Gasteiger partial charge in [0.2, 0.25) is 0 Å². The molecule has 0 radical (unpaired) electrons. The number of hydrogen-bond acceptors (Lipinski definition) is 8. The normalized spacial score (nSPS) is 15.3. The average Bonchev–Trinajstić information content (AvgIpc) is 3.20. The number of thiazole rings is 1. The minimum atomic E-state index is -0.781. The van der Waals surface area contributed by atoms with Crippen molar-refractivity contribution in [3.8, 4) is 11.5 Å². The number of phenols is 1. The molecular weight excluding hydrogens is 514 g/mol. The van der Waals surface area contributed by atoms with E-state index < -0.39 is 12.0 Å². The average molecular weight is 550 g/mol. The number of allylic oxidation sites excluding steroid dienone is 1. The Hall–Kier alpha value is -3.85. The first kappa shape index (κ1) is 28.2. The fourth-order valence-electron chi connectivity index (χ4n) is 4.73. The topological polar surface area (TPSA) is 93.4 Å². The number of ether oxygens (including phenoxy) is 2. The predicted molar refractivity (Wildman–Crippen MR) is 154 cm³/mol. The zero-order valence-electron chi connectivity index (χ0n) is 23.2. The van der Waals surface area contributed by atoms with Gasteiger partial charge in [-0.3, -0.25) is 9.36 Å². The number of anilines is 1. The van der Waals surface area contributed by atoms with Gasteiger partial charge in [-0.05, 0) is 65.8 Å². The van der Waals surface area contributed by atoms with Crippen LogP contribution in [0.3, 0.4) is 0 Å². The third kappa shape index (κ3) is 5.63. The van der Waals surface area contributed by atoms with E-state index in [-0.39, 0.29) is 24.0 Å². The van der Waals surface area contributed by atoms with Gasteiger partial charge in [-0.2, -0.15) is 0 Å². The molecule has 1 aromatic heterocycles. The predicted octanol–water partition coefficient (Wildman–Crippen LogP) is 4.14. The lowest BCUT2D eigenvalue weighted by atomic mass is 9.95. The van der Waals surface area contributed by atoms with E-state index in [2.05, 4.69) is 23.7 Å². The zero-order chi connectivity index (χ0) is 28.3. The highest BCUT2D eigenvalue weighted by molar-refractivity contribution is 7.07. The molecule has 4 rings (SSSR count). The van der Waals surface area contributed by atoms with Crippen molar-refractivity contribution in [1.29, 1.82) is 0 Å². The van der Waals surface area contributed by atoms with Crippen LogP contribution in [-0.2, 0) is 9.53 Å². The molecule has 206 valence electrons. The highest BCUT2D eigenvalue weighted by Crippen LogP contribution is 2.36. The van der Waals surface area contributed by atoms with Crippen LogP contribution >= 0.6 is 11.3 Å². The number of carbonyl (C=O) groups excluding carboxylic acids is 1. The summed E-state index contributed by atoms with van der Waals surface area (Å²) in [6, 6.07) is 12.1. The van der Waals surface area contributed by atoms with E-state index in [9.17, 15) is 14.7 Å². The Morgan fingerprint density at radius 3 is 2.54 bits per heavy atom. The van der Waals surface area contributed by atoms with Crippen molar-refractivity contribution in [2.45, 2.75) is 53.7 Å². The first-order valence-corrected chi connectivity index (χ1v) is 14.0. The molecule has 0 saturated heterocycles. The molecule has 1 atom stereocenters. The molecule has 0 amide bonds. The van der Waals surface area contributed by atoms with Gasteiger partial charge in [0, 0.05) is 36.0 Å². The fourth-order valence-corrected chi connectivity index (χ4v) is 5.77. The van der Waals surface area contributed by atoms with Crippen LogP contribution in [0.5, 0.6) is 11.5 Å². The van der Waals surface area contributed by atoms with Crippen LogP contribution in [0.25, 0.3) is 6.08 Å². The quantitative estimate of drug-likeness (QED) is 0.404. The first-order chi connectivity index (χ1) is 18.7. The maximum Gasteiger partial charge on any atom is 0.338 e. The molecule has 2 heterocycles. The van der Waals surface area contributed by atoms with Gasteiger partial charge in [0.25, 0.3) is 5.56 Å². The maximum absolute atomic E-state index is 13.9. The van der Waals surface area contributed by atoms with E-state index in [1.807, 2.05) is 44.2 Å². The van der Waals surface area contributed by atoms with Crippen LogP contribution < -0.4 is 24.5 Å². The van der Waals surface area contributed by atoms with E-state index in [1.165, 1.54) is 15.9 Å². The summed E-state index contributed by atoms with van der Waals surface area (Å²) in [7, 11) is 0. The second kappa shape index (κ2) is 11.9. The third-order valence-electron chi connectivity index (χ3n) is 6.52. The molecule has 3 aromatic rings. The zero-order valence-corrected chi connectivity index (χ0v) is 24.0. The minimum Gasteiger partial charge on any atom is -0.507 e. The van der Waals surface area contributed by atoms with Gasteiger partial charge in [0.05, 0.1) is 28.5 Å². The van der Waals surface area contributed by atoms with Gasteiger partial charge >= 0.3 is 5.97 Å². The lowest BCUT2D eigenvalue weighted by Crippen LogP contribution is -2.40. The molecule has 39 heavy (non-hydrogen) atoms. The van der Waals surface area contributed by atoms with Crippen molar-refractivity contribution in [1.82, 2.24) is 4.57 Å². The number of esters is 1. The second-order valence-corrected chi connectivity index (χ2v) is 10.4. The Balaban J connectivity index is 1.92. The molecule has 1 aliphatic heterocycles. The lowest BCUT2D eigenvalue weighted by molar-refractivity contribution is -0.139. The van der Waals surface area contributed by atoms with E-state index >= 15 is 0 Å². The number of carbonyl (C=O) groups is 1. The van der Waals surface area contributed by atoms with Crippen molar-refractivity contribution in [2.75, 3.05) is 24.6 Å². The molecule has 9 heteroatoms. The summed E-state index contributed by atoms with van der Waals surface area (Å²) in [6.07, 6.45) is 1.56. The summed E-state index contributed by atoms with van der Waals surface area (Å²) in [5.41, 5.74) is 2.57. The van der Waals surface area contributed by atoms with E-state index in [4.69, 9.17) is 9.47 Å². The van der Waals surface area contributed by atoms with Gasteiger partial charge in [-0.1, -0.05) is 29.5 Å². The Kier molecular flexibility index (Phi) is 8.60. The molecule has 0 bridgehead atoms. The summed E-state index contributed by atoms with van der Waals surface area (Å²) < 4.78 is 13.4. The van der Waals surface area contributed by atoms with Crippen LogP contribution in [0, 0.1) is 0 Å². The molecule has 0 fully saturated rings. The summed E-state index contributed by atoms with van der Waals surface area (Å²) in [6.45, 7) is 13.3. The van der Waals surface area contributed by atoms with Crippen molar-refractivity contribution in [3.05, 3.63) is 84.5 Å². The number of hydrogen-bond donors (Lipinski definition) is 1. The highest BCUT2D eigenvalue weighted by atomic mass is 32.1. The third-order valence-corrected chi connectivity index (χ3v) is 7.51. The summed E-state index contributed by atoms with van der Waals surface area (Å²) >= 11 is 1.21. The second-order valence-electron chi connectivity index (χ2n) is 9.42. The SMILES string of the molecule is CCOC(=O)C1=C(C)N=c2s/c(=C/c3ccc(N(CC)CC)cc3O)c(=O)n2[C@@H]1c1ccccc1OC(C)C. The van der Waals surface area contributed by atoms with Gasteiger partial charge in [0.15, 0.2) is 4.80 Å². The molecule has 1 aliphatic rings. The van der Waals surface area contributed by atoms with E-state index in [0.717, 1.165) is 18.8 Å². The number of aromatic hydroxyl groups is 1. The standard InChI is InChI=1S/C30H35N3O5S/c1-7-32(8-2)21-15-14-20(23(34)17-21)16-25-28(35)33-27(22-12-10-11-13-24(22)38-18(4)5)26(29(36)37-9-3)19(6)31-30(33)39-25/h10-18,27,34H,7-9H2,1-6H3/b25-16+/t27-/m1/s1. The number of aromatic nitrogens is 1.